The number of halogens is 5. The van der Waals surface area contributed by atoms with Crippen LogP contribution in [0.4, 0.5) is 22.0 Å². The van der Waals surface area contributed by atoms with Crippen molar-refractivity contribution in [1.29, 1.82) is 0 Å². The Bertz CT molecular complexity index is 378. The molecule has 1 N–H and O–H groups in total. The van der Waals surface area contributed by atoms with Gasteiger partial charge in [0.25, 0.3) is 5.92 Å². The fourth-order valence-electron chi connectivity index (χ4n) is 1.23. The lowest BCUT2D eigenvalue weighted by Gasteiger charge is -2.15. The lowest BCUT2D eigenvalue weighted by molar-refractivity contribution is -0.0213. The van der Waals surface area contributed by atoms with Crippen LogP contribution in [0.3, 0.4) is 0 Å². The summed E-state index contributed by atoms with van der Waals surface area (Å²) in [7, 11) is 0. The SMILES string of the molecule is OCCC(F)(F)Cc1cc(F)c(F)cc1F. The molecule has 0 aliphatic carbocycles. The average molecular weight is 240 g/mol. The number of hydrogen-bond donors (Lipinski definition) is 1. The second-order valence-corrected chi connectivity index (χ2v) is 3.36. The van der Waals surface area contributed by atoms with E-state index in [0.29, 0.717) is 6.07 Å². The van der Waals surface area contributed by atoms with Gasteiger partial charge in [-0.05, 0) is 11.6 Å². The van der Waals surface area contributed by atoms with Gasteiger partial charge in [-0.3, -0.25) is 0 Å². The molecule has 0 amide bonds. The Hall–Kier alpha value is -1.17. The van der Waals surface area contributed by atoms with E-state index in [2.05, 4.69) is 0 Å². The van der Waals surface area contributed by atoms with Gasteiger partial charge in [-0.25, -0.2) is 22.0 Å². The van der Waals surface area contributed by atoms with Crippen LogP contribution in [0.1, 0.15) is 12.0 Å². The van der Waals surface area contributed by atoms with Gasteiger partial charge in [0.1, 0.15) is 5.82 Å². The molecule has 0 saturated carbocycles. The highest BCUT2D eigenvalue weighted by Gasteiger charge is 2.30. The molecule has 0 aliphatic heterocycles. The van der Waals surface area contributed by atoms with E-state index in [1.165, 1.54) is 0 Å². The first kappa shape index (κ1) is 12.9. The van der Waals surface area contributed by atoms with E-state index in [-0.39, 0.29) is 6.07 Å². The van der Waals surface area contributed by atoms with Crippen LogP contribution in [-0.2, 0) is 6.42 Å². The van der Waals surface area contributed by atoms with Crippen molar-refractivity contribution in [2.24, 2.45) is 0 Å². The summed E-state index contributed by atoms with van der Waals surface area (Å²) in [6, 6.07) is 0.621. The highest BCUT2D eigenvalue weighted by atomic mass is 19.3. The van der Waals surface area contributed by atoms with Crippen molar-refractivity contribution in [2.45, 2.75) is 18.8 Å². The molecule has 0 heterocycles. The van der Waals surface area contributed by atoms with Gasteiger partial charge in [-0.15, -0.1) is 0 Å². The molecule has 0 aliphatic rings. The topological polar surface area (TPSA) is 20.2 Å². The van der Waals surface area contributed by atoms with Crippen molar-refractivity contribution in [1.82, 2.24) is 0 Å². The number of aliphatic hydroxyl groups is 1. The van der Waals surface area contributed by atoms with E-state index in [9.17, 15) is 22.0 Å². The minimum absolute atomic E-state index is 0.222. The Labute approximate surface area is 88.5 Å². The molecular weight excluding hydrogens is 231 g/mol. The molecule has 0 bridgehead atoms. The summed E-state index contributed by atoms with van der Waals surface area (Å²) < 4.78 is 64.1. The predicted molar refractivity (Wildman–Crippen MR) is 46.7 cm³/mol. The van der Waals surface area contributed by atoms with E-state index >= 15 is 0 Å². The zero-order valence-electron chi connectivity index (χ0n) is 8.11. The number of benzene rings is 1. The second-order valence-electron chi connectivity index (χ2n) is 3.36. The highest BCUT2D eigenvalue weighted by Crippen LogP contribution is 2.26. The van der Waals surface area contributed by atoms with Crippen LogP contribution in [0.5, 0.6) is 0 Å². The first-order chi connectivity index (χ1) is 7.35. The third kappa shape index (κ3) is 3.16. The van der Waals surface area contributed by atoms with Crippen molar-refractivity contribution in [3.8, 4) is 0 Å². The number of rotatable bonds is 4. The fourth-order valence-corrected chi connectivity index (χ4v) is 1.23. The molecule has 0 atom stereocenters. The van der Waals surface area contributed by atoms with Gasteiger partial charge in [-0.2, -0.15) is 0 Å². The maximum absolute atomic E-state index is 13.0. The van der Waals surface area contributed by atoms with Crippen LogP contribution < -0.4 is 0 Å². The minimum atomic E-state index is -3.35. The summed E-state index contributed by atoms with van der Waals surface area (Å²) >= 11 is 0. The van der Waals surface area contributed by atoms with Crippen LogP contribution in [0, 0.1) is 17.5 Å². The van der Waals surface area contributed by atoms with Crippen LogP contribution in [0.15, 0.2) is 12.1 Å². The van der Waals surface area contributed by atoms with Gasteiger partial charge in [0.15, 0.2) is 11.6 Å². The molecule has 1 rings (SSSR count). The third-order valence-corrected chi connectivity index (χ3v) is 2.02. The lowest BCUT2D eigenvalue weighted by atomic mass is 10.0. The molecule has 1 nitrogen and oxygen atoms in total. The van der Waals surface area contributed by atoms with Gasteiger partial charge in [-0.1, -0.05) is 0 Å². The van der Waals surface area contributed by atoms with Gasteiger partial charge in [0, 0.05) is 25.5 Å². The molecule has 0 aromatic heterocycles. The minimum Gasteiger partial charge on any atom is -0.396 e. The molecule has 90 valence electrons. The van der Waals surface area contributed by atoms with Crippen molar-refractivity contribution in [3.63, 3.8) is 0 Å². The summed E-state index contributed by atoms with van der Waals surface area (Å²) in [6.45, 7) is -0.766. The van der Waals surface area contributed by atoms with Gasteiger partial charge in [0.2, 0.25) is 0 Å². The van der Waals surface area contributed by atoms with Crippen molar-refractivity contribution in [3.05, 3.63) is 35.1 Å². The zero-order valence-corrected chi connectivity index (χ0v) is 8.11. The maximum atomic E-state index is 13.0. The van der Waals surface area contributed by atoms with E-state index in [4.69, 9.17) is 5.11 Å². The summed E-state index contributed by atoms with van der Waals surface area (Å²) in [6.07, 6.45) is -1.93. The van der Waals surface area contributed by atoms with Crippen LogP contribution in [0.25, 0.3) is 0 Å². The molecule has 0 fully saturated rings. The van der Waals surface area contributed by atoms with Crippen LogP contribution >= 0.6 is 0 Å². The van der Waals surface area contributed by atoms with E-state index in [0.717, 1.165) is 0 Å². The first-order valence-corrected chi connectivity index (χ1v) is 4.48. The molecular formula is C10H9F5O. The quantitative estimate of drug-likeness (QED) is 0.633. The molecule has 1 aromatic rings. The summed E-state index contributed by atoms with van der Waals surface area (Å²) in [4.78, 5) is 0. The Morgan fingerprint density at radius 3 is 2.12 bits per heavy atom. The summed E-state index contributed by atoms with van der Waals surface area (Å²) in [5.74, 6) is -7.38. The molecule has 16 heavy (non-hydrogen) atoms. The Morgan fingerprint density at radius 1 is 1.00 bits per heavy atom. The predicted octanol–water partition coefficient (Wildman–Crippen LogP) is 2.66. The van der Waals surface area contributed by atoms with Crippen molar-refractivity contribution < 1.29 is 27.1 Å². The molecule has 6 heteroatoms. The lowest BCUT2D eigenvalue weighted by Crippen LogP contribution is -2.22. The van der Waals surface area contributed by atoms with Gasteiger partial charge in [0.05, 0.1) is 0 Å². The molecule has 1 aromatic carbocycles. The Morgan fingerprint density at radius 2 is 1.56 bits per heavy atom. The van der Waals surface area contributed by atoms with Crippen LogP contribution in [-0.4, -0.2) is 17.6 Å². The van der Waals surface area contributed by atoms with Crippen molar-refractivity contribution in [2.75, 3.05) is 6.61 Å². The Kier molecular flexibility index (Phi) is 3.85. The molecule has 0 unspecified atom stereocenters. The standard InChI is InChI=1S/C10H9F5O/c11-7-4-9(13)8(12)3-6(7)5-10(14,15)1-2-16/h3-4,16H,1-2,5H2. The highest BCUT2D eigenvalue weighted by molar-refractivity contribution is 5.21. The monoisotopic (exact) mass is 240 g/mol. The normalized spacial score (nSPS) is 11.9. The molecule has 0 spiro atoms. The smallest absolute Gasteiger partial charge is 0.254 e. The maximum Gasteiger partial charge on any atom is 0.254 e. The second kappa shape index (κ2) is 4.78. The fraction of sp³-hybridized carbons (Fsp3) is 0.400. The Balaban J connectivity index is 2.93. The summed E-state index contributed by atoms with van der Waals surface area (Å²) in [5, 5.41) is 8.34. The summed E-state index contributed by atoms with van der Waals surface area (Å²) in [5.41, 5.74) is -0.614. The van der Waals surface area contributed by atoms with E-state index in [1.807, 2.05) is 0 Å². The first-order valence-electron chi connectivity index (χ1n) is 4.48. The average Bonchev–Trinajstić information content (AvgIpc) is 2.13. The molecule has 0 saturated heterocycles. The van der Waals surface area contributed by atoms with Crippen molar-refractivity contribution >= 4 is 0 Å². The third-order valence-electron chi connectivity index (χ3n) is 2.02. The van der Waals surface area contributed by atoms with Gasteiger partial charge >= 0.3 is 0 Å². The van der Waals surface area contributed by atoms with E-state index in [1.54, 1.807) is 0 Å². The number of aliphatic hydroxyl groups excluding tert-OH is 1. The largest absolute Gasteiger partial charge is 0.396 e. The van der Waals surface area contributed by atoms with E-state index < -0.39 is 48.4 Å². The number of alkyl halides is 2. The van der Waals surface area contributed by atoms with Crippen LogP contribution in [0.2, 0.25) is 0 Å². The number of hydrogen-bond acceptors (Lipinski definition) is 1. The zero-order chi connectivity index (χ0) is 12.3. The van der Waals surface area contributed by atoms with Gasteiger partial charge < -0.3 is 5.11 Å². The molecule has 0 radical (unpaired) electrons.